The molecule has 0 N–H and O–H groups in total. The molecule has 0 saturated heterocycles. The molecule has 1 atom stereocenters. The van der Waals surface area contributed by atoms with Crippen LogP contribution in [0, 0.1) is 5.82 Å². The number of halogens is 1. The van der Waals surface area contributed by atoms with Crippen molar-refractivity contribution in [3.63, 3.8) is 0 Å². The molecule has 2 nitrogen and oxygen atoms in total. The molecule has 1 aromatic heterocycles. The first-order valence-corrected chi connectivity index (χ1v) is 5.39. The second-order valence-corrected chi connectivity index (χ2v) is 3.86. The average molecular weight is 229 g/mol. The highest BCUT2D eigenvalue weighted by Crippen LogP contribution is 2.18. The normalized spacial score (nSPS) is 12.1. The lowest BCUT2D eigenvalue weighted by Crippen LogP contribution is -2.04. The highest BCUT2D eigenvalue weighted by molar-refractivity contribution is 5.62. The van der Waals surface area contributed by atoms with Crippen LogP contribution in [0.1, 0.15) is 17.0 Å². The molecular formula is C14H12FNO. The molecule has 0 spiro atoms. The minimum absolute atomic E-state index is 0.250. The summed E-state index contributed by atoms with van der Waals surface area (Å²) in [5, 5.41) is 0. The number of hydrogen-bond donors (Lipinski definition) is 0. The highest BCUT2D eigenvalue weighted by atomic mass is 19.1. The molecule has 1 aromatic carbocycles. The van der Waals surface area contributed by atoms with Gasteiger partial charge in [0, 0.05) is 18.3 Å². The summed E-state index contributed by atoms with van der Waals surface area (Å²) in [5.74, 6) is -0.542. The Hall–Kier alpha value is -2.03. The van der Waals surface area contributed by atoms with Gasteiger partial charge >= 0.3 is 0 Å². The molecule has 1 heterocycles. The molecule has 0 amide bonds. The van der Waals surface area contributed by atoms with Crippen LogP contribution < -0.4 is 0 Å². The Morgan fingerprint density at radius 1 is 1.24 bits per heavy atom. The standard InChI is InChI=1S/C14H12FNO/c15-14-5-3-12(4-6-14)13(10-17)8-11-2-1-7-16-9-11/h1-7,9-10,13H,8H2. The number of carbonyl (C=O) groups is 1. The molecule has 0 saturated carbocycles. The average Bonchev–Trinajstić information content (AvgIpc) is 2.38. The molecule has 1 unspecified atom stereocenters. The monoisotopic (exact) mass is 229 g/mol. The van der Waals surface area contributed by atoms with Gasteiger partial charge in [-0.15, -0.1) is 0 Å². The van der Waals surface area contributed by atoms with Crippen LogP contribution in [0.2, 0.25) is 0 Å². The zero-order valence-corrected chi connectivity index (χ0v) is 9.21. The van der Waals surface area contributed by atoms with Crippen LogP contribution in [-0.2, 0) is 11.2 Å². The van der Waals surface area contributed by atoms with E-state index in [1.165, 1.54) is 12.1 Å². The van der Waals surface area contributed by atoms with Crippen molar-refractivity contribution in [3.8, 4) is 0 Å². The second kappa shape index (κ2) is 5.34. The molecule has 0 radical (unpaired) electrons. The third kappa shape index (κ3) is 2.97. The summed E-state index contributed by atoms with van der Waals surface area (Å²) in [6.45, 7) is 0. The molecule has 0 aliphatic heterocycles. The number of hydrogen-bond acceptors (Lipinski definition) is 2. The maximum atomic E-state index is 12.8. The number of rotatable bonds is 4. The van der Waals surface area contributed by atoms with E-state index < -0.39 is 0 Å². The van der Waals surface area contributed by atoms with Crippen molar-refractivity contribution in [3.05, 3.63) is 65.7 Å². The fourth-order valence-electron chi connectivity index (χ4n) is 1.73. The Balaban J connectivity index is 2.17. The topological polar surface area (TPSA) is 30.0 Å². The van der Waals surface area contributed by atoms with Gasteiger partial charge in [-0.05, 0) is 35.7 Å². The first-order chi connectivity index (χ1) is 8.29. The summed E-state index contributed by atoms with van der Waals surface area (Å²) < 4.78 is 12.8. The zero-order valence-electron chi connectivity index (χ0n) is 9.21. The van der Waals surface area contributed by atoms with Gasteiger partial charge in [-0.2, -0.15) is 0 Å². The molecule has 0 aliphatic rings. The van der Waals surface area contributed by atoms with E-state index in [9.17, 15) is 9.18 Å². The van der Waals surface area contributed by atoms with Gasteiger partial charge in [0.05, 0.1) is 0 Å². The summed E-state index contributed by atoms with van der Waals surface area (Å²) in [5.41, 5.74) is 1.82. The Bertz CT molecular complexity index is 481. The first-order valence-electron chi connectivity index (χ1n) is 5.39. The van der Waals surface area contributed by atoms with Crippen LogP contribution in [0.3, 0.4) is 0 Å². The third-order valence-corrected chi connectivity index (χ3v) is 2.64. The Morgan fingerprint density at radius 3 is 2.59 bits per heavy atom. The molecule has 0 bridgehead atoms. The fraction of sp³-hybridized carbons (Fsp3) is 0.143. The molecule has 17 heavy (non-hydrogen) atoms. The van der Waals surface area contributed by atoms with Gasteiger partial charge < -0.3 is 4.79 Å². The summed E-state index contributed by atoms with van der Waals surface area (Å²) in [6, 6.07) is 9.79. The van der Waals surface area contributed by atoms with Gasteiger partial charge in [0.1, 0.15) is 12.1 Å². The van der Waals surface area contributed by atoms with Crippen molar-refractivity contribution < 1.29 is 9.18 Å². The SMILES string of the molecule is O=CC(Cc1cccnc1)c1ccc(F)cc1. The van der Waals surface area contributed by atoms with Gasteiger partial charge in [0.15, 0.2) is 0 Å². The van der Waals surface area contributed by atoms with Crippen molar-refractivity contribution in [2.75, 3.05) is 0 Å². The molecule has 0 aliphatic carbocycles. The first kappa shape index (κ1) is 11.5. The third-order valence-electron chi connectivity index (χ3n) is 2.64. The van der Waals surface area contributed by atoms with Gasteiger partial charge in [0.2, 0.25) is 0 Å². The van der Waals surface area contributed by atoms with Crippen molar-refractivity contribution in [1.29, 1.82) is 0 Å². The van der Waals surface area contributed by atoms with Crippen LogP contribution in [-0.4, -0.2) is 11.3 Å². The predicted molar refractivity (Wildman–Crippen MR) is 63.1 cm³/mol. The van der Waals surface area contributed by atoms with E-state index in [1.54, 1.807) is 24.5 Å². The number of nitrogens with zero attached hydrogens (tertiary/aromatic N) is 1. The zero-order chi connectivity index (χ0) is 12.1. The summed E-state index contributed by atoms with van der Waals surface area (Å²) in [7, 11) is 0. The second-order valence-electron chi connectivity index (χ2n) is 3.86. The number of pyridine rings is 1. The van der Waals surface area contributed by atoms with Gasteiger partial charge in [-0.1, -0.05) is 18.2 Å². The van der Waals surface area contributed by atoms with E-state index in [2.05, 4.69) is 4.98 Å². The highest BCUT2D eigenvalue weighted by Gasteiger charge is 2.11. The van der Waals surface area contributed by atoms with Crippen LogP contribution in [0.25, 0.3) is 0 Å². The summed E-state index contributed by atoms with van der Waals surface area (Å²) in [6.07, 6.45) is 4.90. The van der Waals surface area contributed by atoms with E-state index in [-0.39, 0.29) is 11.7 Å². The van der Waals surface area contributed by atoms with Crippen molar-refractivity contribution in [2.24, 2.45) is 0 Å². The summed E-state index contributed by atoms with van der Waals surface area (Å²) in [4.78, 5) is 15.1. The van der Waals surface area contributed by atoms with Crippen molar-refractivity contribution in [1.82, 2.24) is 4.98 Å². The molecule has 86 valence electrons. The van der Waals surface area contributed by atoms with Crippen molar-refractivity contribution >= 4 is 6.29 Å². The largest absolute Gasteiger partial charge is 0.303 e. The fourth-order valence-corrected chi connectivity index (χ4v) is 1.73. The minimum atomic E-state index is -0.292. The summed E-state index contributed by atoms with van der Waals surface area (Å²) >= 11 is 0. The number of carbonyl (C=O) groups excluding carboxylic acids is 1. The van der Waals surface area contributed by atoms with E-state index in [4.69, 9.17) is 0 Å². The number of aromatic nitrogens is 1. The molecule has 0 fully saturated rings. The molecule has 3 heteroatoms. The van der Waals surface area contributed by atoms with E-state index in [1.807, 2.05) is 12.1 Å². The molecular weight excluding hydrogens is 217 g/mol. The van der Waals surface area contributed by atoms with E-state index in [0.717, 1.165) is 17.4 Å². The van der Waals surface area contributed by atoms with Crippen LogP contribution in [0.15, 0.2) is 48.8 Å². The van der Waals surface area contributed by atoms with Gasteiger partial charge in [0.25, 0.3) is 0 Å². The van der Waals surface area contributed by atoms with Gasteiger partial charge in [-0.3, -0.25) is 4.98 Å². The Labute approximate surface area is 99.1 Å². The van der Waals surface area contributed by atoms with Crippen molar-refractivity contribution in [2.45, 2.75) is 12.3 Å². The van der Waals surface area contributed by atoms with E-state index in [0.29, 0.717) is 6.42 Å². The Morgan fingerprint density at radius 2 is 2.00 bits per heavy atom. The lowest BCUT2D eigenvalue weighted by atomic mass is 9.94. The number of aldehydes is 1. The minimum Gasteiger partial charge on any atom is -0.303 e. The lowest BCUT2D eigenvalue weighted by molar-refractivity contribution is -0.109. The van der Waals surface area contributed by atoms with Crippen LogP contribution >= 0.6 is 0 Å². The number of benzene rings is 1. The van der Waals surface area contributed by atoms with E-state index >= 15 is 0 Å². The van der Waals surface area contributed by atoms with Crippen LogP contribution in [0.5, 0.6) is 0 Å². The predicted octanol–water partition coefficient (Wildman–Crippen LogP) is 2.75. The Kier molecular flexibility index (Phi) is 3.60. The quantitative estimate of drug-likeness (QED) is 0.754. The maximum Gasteiger partial charge on any atom is 0.127 e. The lowest BCUT2D eigenvalue weighted by Gasteiger charge is -2.10. The molecule has 2 rings (SSSR count). The molecule has 2 aromatic rings. The van der Waals surface area contributed by atoms with Crippen LogP contribution in [0.4, 0.5) is 4.39 Å². The smallest absolute Gasteiger partial charge is 0.127 e. The van der Waals surface area contributed by atoms with Gasteiger partial charge in [-0.25, -0.2) is 4.39 Å². The maximum absolute atomic E-state index is 12.8.